The maximum atomic E-state index is 12.5. The zero-order chi connectivity index (χ0) is 18.7. The first-order valence-electron chi connectivity index (χ1n) is 8.88. The number of nitro groups is 1. The molecule has 1 saturated carbocycles. The number of anilines is 1. The van der Waals surface area contributed by atoms with Gasteiger partial charge in [0.2, 0.25) is 5.91 Å². The van der Waals surface area contributed by atoms with Crippen molar-refractivity contribution in [3.05, 3.63) is 34.4 Å². The van der Waals surface area contributed by atoms with E-state index >= 15 is 0 Å². The van der Waals surface area contributed by atoms with Crippen molar-refractivity contribution < 1.29 is 19.2 Å². The predicted molar refractivity (Wildman–Crippen MR) is 94.6 cm³/mol. The van der Waals surface area contributed by atoms with E-state index in [9.17, 15) is 19.7 Å². The summed E-state index contributed by atoms with van der Waals surface area (Å²) in [5, 5.41) is 13.7. The SMILES string of the molecule is COC(=O)[C@@H]1C[C@@H]2CCCC[C@H]2N1CC(=O)Nc1ccccc1[N+](=O)[O-]. The molecule has 0 radical (unpaired) electrons. The molecule has 0 unspecified atom stereocenters. The quantitative estimate of drug-likeness (QED) is 0.491. The van der Waals surface area contributed by atoms with Crippen LogP contribution < -0.4 is 5.32 Å². The van der Waals surface area contributed by atoms with Crippen LogP contribution in [-0.2, 0) is 14.3 Å². The third-order valence-electron chi connectivity index (χ3n) is 5.40. The second kappa shape index (κ2) is 7.82. The van der Waals surface area contributed by atoms with Gasteiger partial charge in [-0.2, -0.15) is 0 Å². The molecule has 8 nitrogen and oxygen atoms in total. The van der Waals surface area contributed by atoms with Crippen molar-refractivity contribution in [2.24, 2.45) is 5.92 Å². The van der Waals surface area contributed by atoms with Gasteiger partial charge in [-0.15, -0.1) is 0 Å². The molecule has 8 heteroatoms. The predicted octanol–water partition coefficient (Wildman–Crippen LogP) is 2.34. The summed E-state index contributed by atoms with van der Waals surface area (Å²) in [6.45, 7) is 0.0208. The van der Waals surface area contributed by atoms with Gasteiger partial charge in [-0.3, -0.25) is 24.6 Å². The van der Waals surface area contributed by atoms with E-state index in [0.717, 1.165) is 25.7 Å². The number of nitrogens with one attached hydrogen (secondary N) is 1. The van der Waals surface area contributed by atoms with E-state index in [0.29, 0.717) is 12.3 Å². The van der Waals surface area contributed by atoms with Crippen LogP contribution in [0.1, 0.15) is 32.1 Å². The number of carbonyl (C=O) groups excluding carboxylic acids is 2. The molecule has 0 bridgehead atoms. The summed E-state index contributed by atoms with van der Waals surface area (Å²) in [6, 6.07) is 5.79. The average molecular weight is 361 g/mol. The lowest BCUT2D eigenvalue weighted by atomic mass is 9.85. The molecule has 26 heavy (non-hydrogen) atoms. The fourth-order valence-corrected chi connectivity index (χ4v) is 4.24. The summed E-state index contributed by atoms with van der Waals surface area (Å²) in [7, 11) is 1.36. The molecule has 1 aliphatic carbocycles. The number of nitro benzene ring substituents is 1. The Kier molecular flexibility index (Phi) is 5.51. The van der Waals surface area contributed by atoms with Crippen LogP contribution in [-0.4, -0.2) is 47.4 Å². The molecule has 1 heterocycles. The highest BCUT2D eigenvalue weighted by atomic mass is 16.6. The van der Waals surface area contributed by atoms with E-state index in [1.54, 1.807) is 12.1 Å². The molecule has 3 rings (SSSR count). The Labute approximate surface area is 151 Å². The zero-order valence-corrected chi connectivity index (χ0v) is 14.7. The Bertz CT molecular complexity index is 708. The maximum Gasteiger partial charge on any atom is 0.323 e. The van der Waals surface area contributed by atoms with Crippen molar-refractivity contribution in [2.45, 2.75) is 44.2 Å². The number of amides is 1. The van der Waals surface area contributed by atoms with Gasteiger partial charge in [-0.1, -0.05) is 25.0 Å². The number of nitrogens with zero attached hydrogens (tertiary/aromatic N) is 2. The molecule has 1 aliphatic heterocycles. The Morgan fingerprint density at radius 3 is 2.77 bits per heavy atom. The van der Waals surface area contributed by atoms with Gasteiger partial charge in [-0.25, -0.2) is 0 Å². The topological polar surface area (TPSA) is 102 Å². The molecule has 3 atom stereocenters. The van der Waals surface area contributed by atoms with Crippen molar-refractivity contribution in [3.63, 3.8) is 0 Å². The van der Waals surface area contributed by atoms with Crippen LogP contribution in [0.3, 0.4) is 0 Å². The number of hydrogen-bond acceptors (Lipinski definition) is 6. The van der Waals surface area contributed by atoms with Crippen molar-refractivity contribution in [1.82, 2.24) is 4.90 Å². The Hall–Kier alpha value is -2.48. The molecule has 1 amide bonds. The molecule has 1 N–H and O–H groups in total. The largest absolute Gasteiger partial charge is 0.468 e. The van der Waals surface area contributed by atoms with E-state index < -0.39 is 11.0 Å². The first kappa shape index (κ1) is 18.3. The number of methoxy groups -OCH3 is 1. The minimum Gasteiger partial charge on any atom is -0.468 e. The molecule has 1 saturated heterocycles. The minimum absolute atomic E-state index is 0.0208. The fraction of sp³-hybridized carbons (Fsp3) is 0.556. The highest BCUT2D eigenvalue weighted by Gasteiger charge is 2.46. The van der Waals surface area contributed by atoms with Gasteiger partial charge in [0.15, 0.2) is 0 Å². The first-order valence-corrected chi connectivity index (χ1v) is 8.88. The van der Waals surface area contributed by atoms with Crippen LogP contribution >= 0.6 is 0 Å². The second-order valence-corrected chi connectivity index (χ2v) is 6.88. The molecule has 2 aliphatic rings. The number of para-hydroxylation sites is 2. The number of ether oxygens (including phenoxy) is 1. The number of carbonyl (C=O) groups is 2. The normalized spacial score (nSPS) is 25.3. The lowest BCUT2D eigenvalue weighted by Crippen LogP contribution is -2.46. The van der Waals surface area contributed by atoms with Crippen LogP contribution in [0.5, 0.6) is 0 Å². The molecular weight excluding hydrogens is 338 g/mol. The van der Waals surface area contributed by atoms with Crippen LogP contribution in [0.15, 0.2) is 24.3 Å². The van der Waals surface area contributed by atoms with Crippen LogP contribution in [0, 0.1) is 16.0 Å². The van der Waals surface area contributed by atoms with E-state index in [-0.39, 0.29) is 35.8 Å². The third kappa shape index (κ3) is 3.70. The number of rotatable bonds is 5. The summed E-state index contributed by atoms with van der Waals surface area (Å²) >= 11 is 0. The highest BCUT2D eigenvalue weighted by Crippen LogP contribution is 2.40. The van der Waals surface area contributed by atoms with Gasteiger partial charge >= 0.3 is 5.97 Å². The number of hydrogen-bond donors (Lipinski definition) is 1. The van der Waals surface area contributed by atoms with Crippen molar-refractivity contribution in [2.75, 3.05) is 19.0 Å². The standard InChI is InChI=1S/C18H23N3O5/c1-26-18(23)16-10-12-6-2-4-8-14(12)20(16)11-17(22)19-13-7-3-5-9-15(13)21(24)25/h3,5,7,9,12,14,16H,2,4,6,8,10-11H2,1H3,(H,19,22)/t12-,14+,16-/m0/s1. The van der Waals surface area contributed by atoms with Gasteiger partial charge < -0.3 is 10.1 Å². The first-order chi connectivity index (χ1) is 12.5. The lowest BCUT2D eigenvalue weighted by molar-refractivity contribution is -0.383. The monoisotopic (exact) mass is 361 g/mol. The number of likely N-dealkylation sites (tertiary alicyclic amines) is 1. The summed E-state index contributed by atoms with van der Waals surface area (Å²) in [4.78, 5) is 37.2. The number of fused-ring (bicyclic) bond motifs is 1. The zero-order valence-electron chi connectivity index (χ0n) is 14.7. The molecular formula is C18H23N3O5. The van der Waals surface area contributed by atoms with Crippen LogP contribution in [0.4, 0.5) is 11.4 Å². The molecule has 1 aromatic carbocycles. The minimum atomic E-state index is -0.528. The fourth-order valence-electron chi connectivity index (χ4n) is 4.24. The highest BCUT2D eigenvalue weighted by molar-refractivity contribution is 5.94. The lowest BCUT2D eigenvalue weighted by Gasteiger charge is -2.32. The maximum absolute atomic E-state index is 12.5. The average Bonchev–Trinajstić information content (AvgIpc) is 3.00. The van der Waals surface area contributed by atoms with Gasteiger partial charge in [-0.05, 0) is 31.2 Å². The molecule has 2 fully saturated rings. The summed E-state index contributed by atoms with van der Waals surface area (Å²) in [5.74, 6) is -0.288. The van der Waals surface area contributed by atoms with Gasteiger partial charge in [0.1, 0.15) is 11.7 Å². The number of esters is 1. The molecule has 0 aromatic heterocycles. The van der Waals surface area contributed by atoms with Crippen molar-refractivity contribution in [3.8, 4) is 0 Å². The Morgan fingerprint density at radius 1 is 1.31 bits per heavy atom. The summed E-state index contributed by atoms with van der Waals surface area (Å²) in [5.41, 5.74) is 0.0128. The van der Waals surface area contributed by atoms with Crippen molar-refractivity contribution in [1.29, 1.82) is 0 Å². The number of benzene rings is 1. The summed E-state index contributed by atoms with van der Waals surface area (Å²) < 4.78 is 4.92. The smallest absolute Gasteiger partial charge is 0.323 e. The Balaban J connectivity index is 1.74. The molecule has 0 spiro atoms. The molecule has 140 valence electrons. The van der Waals surface area contributed by atoms with E-state index in [4.69, 9.17) is 4.74 Å². The van der Waals surface area contributed by atoms with Gasteiger partial charge in [0, 0.05) is 12.1 Å². The van der Waals surface area contributed by atoms with Crippen molar-refractivity contribution >= 4 is 23.3 Å². The van der Waals surface area contributed by atoms with Gasteiger partial charge in [0.25, 0.3) is 5.69 Å². The van der Waals surface area contributed by atoms with Gasteiger partial charge in [0.05, 0.1) is 18.6 Å². The van der Waals surface area contributed by atoms with E-state index in [2.05, 4.69) is 5.32 Å². The molecule has 1 aromatic rings. The summed E-state index contributed by atoms with van der Waals surface area (Å²) in [6.07, 6.45) is 4.94. The van der Waals surface area contributed by atoms with E-state index in [1.807, 2.05) is 4.90 Å². The second-order valence-electron chi connectivity index (χ2n) is 6.88. The third-order valence-corrected chi connectivity index (χ3v) is 5.40. The van der Waals surface area contributed by atoms with Crippen LogP contribution in [0.25, 0.3) is 0 Å². The Morgan fingerprint density at radius 2 is 2.04 bits per heavy atom. The van der Waals surface area contributed by atoms with E-state index in [1.165, 1.54) is 19.2 Å². The van der Waals surface area contributed by atoms with Crippen LogP contribution in [0.2, 0.25) is 0 Å².